The summed E-state index contributed by atoms with van der Waals surface area (Å²) < 4.78 is 9.80. The Morgan fingerprint density at radius 3 is 2.55 bits per heavy atom. The molecule has 0 spiro atoms. The van der Waals surface area contributed by atoms with Crippen molar-refractivity contribution in [2.45, 2.75) is 6.92 Å². The molecule has 20 heavy (non-hydrogen) atoms. The minimum Gasteiger partial charge on any atom is -0.497 e. The number of benzene rings is 1. The minimum absolute atomic E-state index is 0.195. The van der Waals surface area contributed by atoms with Crippen molar-refractivity contribution in [3.63, 3.8) is 0 Å². The van der Waals surface area contributed by atoms with Crippen molar-refractivity contribution < 1.29 is 14.3 Å². The molecule has 0 fully saturated rings. The number of nitrogens with zero attached hydrogens (tertiary/aromatic N) is 1. The highest BCUT2D eigenvalue weighted by Gasteiger charge is 2.14. The third-order valence-electron chi connectivity index (χ3n) is 2.67. The van der Waals surface area contributed by atoms with Crippen LogP contribution in [0.1, 0.15) is 17.4 Å². The molecule has 1 aromatic heterocycles. The Morgan fingerprint density at radius 2 is 2.00 bits per heavy atom. The van der Waals surface area contributed by atoms with Crippen molar-refractivity contribution in [1.29, 1.82) is 0 Å². The molecular formula is C14H14N2O4. The van der Waals surface area contributed by atoms with Crippen LogP contribution in [0.3, 0.4) is 0 Å². The average molecular weight is 274 g/mol. The molecule has 0 bridgehead atoms. The van der Waals surface area contributed by atoms with Gasteiger partial charge in [0.2, 0.25) is 11.1 Å². The molecule has 1 aromatic carbocycles. The summed E-state index contributed by atoms with van der Waals surface area (Å²) in [5.41, 5.74) is 0.564. The Bertz CT molecular complexity index is 662. The number of nitrogens with one attached hydrogen (secondary N) is 1. The van der Waals surface area contributed by atoms with Crippen molar-refractivity contribution in [3.05, 3.63) is 46.2 Å². The van der Waals surface area contributed by atoms with Crippen molar-refractivity contribution in [3.8, 4) is 17.0 Å². The van der Waals surface area contributed by atoms with Gasteiger partial charge in [-0.3, -0.25) is 9.89 Å². The van der Waals surface area contributed by atoms with E-state index in [0.29, 0.717) is 11.4 Å². The number of aromatic amines is 1. The number of H-pyrrole nitrogens is 1. The lowest BCUT2D eigenvalue weighted by molar-refractivity contribution is 0.0516. The number of carbonyl (C=O) groups excluding carboxylic acids is 1. The molecule has 0 amide bonds. The molecule has 1 N–H and O–H groups in total. The van der Waals surface area contributed by atoms with E-state index in [9.17, 15) is 9.59 Å². The Labute approximate surface area is 115 Å². The monoisotopic (exact) mass is 274 g/mol. The first kappa shape index (κ1) is 13.8. The van der Waals surface area contributed by atoms with Crippen LogP contribution in [0.4, 0.5) is 0 Å². The lowest BCUT2D eigenvalue weighted by atomic mass is 10.1. The Morgan fingerprint density at radius 1 is 1.30 bits per heavy atom. The van der Waals surface area contributed by atoms with Gasteiger partial charge >= 0.3 is 5.97 Å². The Balaban J connectivity index is 2.32. The maximum absolute atomic E-state index is 11.8. The first-order valence-corrected chi connectivity index (χ1v) is 6.07. The molecular weight excluding hydrogens is 260 g/mol. The van der Waals surface area contributed by atoms with E-state index in [1.807, 2.05) is 0 Å². The smallest absolute Gasteiger partial charge is 0.362 e. The number of hydrogen-bond acceptors (Lipinski definition) is 5. The van der Waals surface area contributed by atoms with E-state index in [-0.39, 0.29) is 12.3 Å². The van der Waals surface area contributed by atoms with Crippen LogP contribution in [0, 0.1) is 0 Å². The number of esters is 1. The number of carbonyl (C=O) groups is 1. The maximum Gasteiger partial charge on any atom is 0.362 e. The SMILES string of the molecule is CCOC(=O)c1n[nH]c(-c2ccc(OC)cc2)cc1=O. The summed E-state index contributed by atoms with van der Waals surface area (Å²) in [5, 5.41) is 6.45. The van der Waals surface area contributed by atoms with Gasteiger partial charge in [0.25, 0.3) is 0 Å². The van der Waals surface area contributed by atoms with Gasteiger partial charge < -0.3 is 9.47 Å². The lowest BCUT2D eigenvalue weighted by Gasteiger charge is -2.04. The second kappa shape index (κ2) is 6.01. The molecule has 0 atom stereocenters. The third-order valence-corrected chi connectivity index (χ3v) is 2.67. The molecule has 6 nitrogen and oxygen atoms in total. The molecule has 2 rings (SSSR count). The molecule has 0 unspecified atom stereocenters. The standard InChI is InChI=1S/C14H14N2O4/c1-3-20-14(18)13-12(17)8-11(15-16-13)9-4-6-10(19-2)7-5-9/h4-8H,3H2,1-2H3,(H,15,17). The van der Waals surface area contributed by atoms with Crippen LogP contribution in [0.15, 0.2) is 35.1 Å². The van der Waals surface area contributed by atoms with Crippen molar-refractivity contribution in [2.75, 3.05) is 13.7 Å². The van der Waals surface area contributed by atoms with Gasteiger partial charge in [-0.25, -0.2) is 4.79 Å². The van der Waals surface area contributed by atoms with E-state index in [1.54, 1.807) is 38.3 Å². The van der Waals surface area contributed by atoms with E-state index in [2.05, 4.69) is 10.2 Å². The van der Waals surface area contributed by atoms with Crippen molar-refractivity contribution in [1.82, 2.24) is 10.2 Å². The van der Waals surface area contributed by atoms with Crippen LogP contribution in [0.2, 0.25) is 0 Å². The topological polar surface area (TPSA) is 81.3 Å². The van der Waals surface area contributed by atoms with Gasteiger partial charge in [-0.05, 0) is 36.8 Å². The van der Waals surface area contributed by atoms with Crippen LogP contribution < -0.4 is 10.2 Å². The summed E-state index contributed by atoms with van der Waals surface area (Å²) in [6, 6.07) is 8.44. The van der Waals surface area contributed by atoms with Gasteiger partial charge in [-0.1, -0.05) is 0 Å². The van der Waals surface area contributed by atoms with Crippen LogP contribution in [-0.4, -0.2) is 29.9 Å². The van der Waals surface area contributed by atoms with Gasteiger partial charge in [-0.15, -0.1) is 0 Å². The Kier molecular flexibility index (Phi) is 4.14. The lowest BCUT2D eigenvalue weighted by Crippen LogP contribution is -2.20. The number of methoxy groups -OCH3 is 1. The summed E-state index contributed by atoms with van der Waals surface area (Å²) in [4.78, 5) is 23.3. The number of aromatic nitrogens is 2. The van der Waals surface area contributed by atoms with Crippen LogP contribution >= 0.6 is 0 Å². The zero-order chi connectivity index (χ0) is 14.5. The second-order valence-electron chi connectivity index (χ2n) is 3.94. The normalized spacial score (nSPS) is 10.1. The number of ether oxygens (including phenoxy) is 2. The van der Waals surface area contributed by atoms with Gasteiger partial charge in [-0.2, -0.15) is 5.10 Å². The first-order valence-electron chi connectivity index (χ1n) is 6.07. The minimum atomic E-state index is -0.727. The molecule has 0 aliphatic carbocycles. The molecule has 0 aliphatic rings. The third kappa shape index (κ3) is 2.85. The van der Waals surface area contributed by atoms with E-state index in [1.165, 1.54) is 6.07 Å². The van der Waals surface area contributed by atoms with Crippen molar-refractivity contribution in [2.24, 2.45) is 0 Å². The largest absolute Gasteiger partial charge is 0.497 e. The quantitative estimate of drug-likeness (QED) is 0.857. The fourth-order valence-corrected chi connectivity index (χ4v) is 1.67. The summed E-state index contributed by atoms with van der Waals surface area (Å²) >= 11 is 0. The summed E-state index contributed by atoms with van der Waals surface area (Å²) in [7, 11) is 1.58. The fourth-order valence-electron chi connectivity index (χ4n) is 1.67. The average Bonchev–Trinajstić information content (AvgIpc) is 2.47. The van der Waals surface area contributed by atoms with Crippen LogP contribution in [0.5, 0.6) is 5.75 Å². The van der Waals surface area contributed by atoms with E-state index in [4.69, 9.17) is 9.47 Å². The van der Waals surface area contributed by atoms with Gasteiger partial charge in [0.1, 0.15) is 5.75 Å². The van der Waals surface area contributed by atoms with Gasteiger partial charge in [0, 0.05) is 6.07 Å². The highest BCUT2D eigenvalue weighted by Crippen LogP contribution is 2.19. The predicted molar refractivity (Wildman–Crippen MR) is 72.8 cm³/mol. The summed E-state index contributed by atoms with van der Waals surface area (Å²) in [6.45, 7) is 1.86. The predicted octanol–water partition coefficient (Wildman–Crippen LogP) is 1.62. The second-order valence-corrected chi connectivity index (χ2v) is 3.94. The highest BCUT2D eigenvalue weighted by molar-refractivity contribution is 5.87. The molecule has 0 saturated heterocycles. The van der Waals surface area contributed by atoms with Crippen LogP contribution in [-0.2, 0) is 4.74 Å². The molecule has 6 heteroatoms. The van der Waals surface area contributed by atoms with E-state index >= 15 is 0 Å². The van der Waals surface area contributed by atoms with E-state index in [0.717, 1.165) is 5.56 Å². The van der Waals surface area contributed by atoms with Gasteiger partial charge in [0.15, 0.2) is 0 Å². The van der Waals surface area contributed by atoms with Crippen molar-refractivity contribution >= 4 is 5.97 Å². The zero-order valence-electron chi connectivity index (χ0n) is 11.2. The maximum atomic E-state index is 11.8. The molecule has 104 valence electrons. The van der Waals surface area contributed by atoms with E-state index < -0.39 is 11.4 Å². The Hall–Kier alpha value is -2.63. The molecule has 0 aliphatic heterocycles. The highest BCUT2D eigenvalue weighted by atomic mass is 16.5. The zero-order valence-corrected chi connectivity index (χ0v) is 11.2. The first-order chi connectivity index (χ1) is 9.65. The molecule has 0 saturated carbocycles. The summed E-state index contributed by atoms with van der Waals surface area (Å²) in [5.74, 6) is -0.0118. The summed E-state index contributed by atoms with van der Waals surface area (Å²) in [6.07, 6.45) is 0. The fraction of sp³-hybridized carbons (Fsp3) is 0.214. The molecule has 0 radical (unpaired) electrons. The molecule has 1 heterocycles. The number of hydrogen-bond donors (Lipinski definition) is 1. The van der Waals surface area contributed by atoms with Gasteiger partial charge in [0.05, 0.1) is 19.4 Å². The molecule has 2 aromatic rings. The van der Waals surface area contributed by atoms with Crippen LogP contribution in [0.25, 0.3) is 11.3 Å². The number of rotatable bonds is 4.